The van der Waals surface area contributed by atoms with Crippen LogP contribution in [0, 0.1) is 12.8 Å². The van der Waals surface area contributed by atoms with Gasteiger partial charge >= 0.3 is 5.69 Å². The van der Waals surface area contributed by atoms with Gasteiger partial charge in [-0.15, -0.1) is 0 Å². The van der Waals surface area contributed by atoms with Crippen molar-refractivity contribution >= 4 is 0 Å². The lowest BCUT2D eigenvalue weighted by molar-refractivity contribution is 0.276. The Hall–Kier alpha value is -1.06. The van der Waals surface area contributed by atoms with Gasteiger partial charge in [-0.2, -0.15) is 5.10 Å². The number of aryl methyl sites for hydroxylation is 2. The molecule has 15 heavy (non-hydrogen) atoms. The van der Waals surface area contributed by atoms with E-state index in [2.05, 4.69) is 5.10 Å². The molecular weight excluding hydrogens is 190 g/mol. The van der Waals surface area contributed by atoms with Crippen molar-refractivity contribution in [3.63, 3.8) is 0 Å². The highest BCUT2D eigenvalue weighted by Crippen LogP contribution is 2.29. The topological polar surface area (TPSA) is 39.8 Å². The minimum Gasteiger partial charge on any atom is -0.279 e. The van der Waals surface area contributed by atoms with Crippen molar-refractivity contribution in [2.45, 2.75) is 52.6 Å². The Bertz CT molecular complexity index is 387. The van der Waals surface area contributed by atoms with E-state index in [1.54, 1.807) is 9.25 Å². The molecule has 0 aromatic carbocycles. The fourth-order valence-electron chi connectivity index (χ4n) is 2.15. The van der Waals surface area contributed by atoms with Crippen LogP contribution in [0.2, 0.25) is 0 Å². The number of rotatable bonds is 4. The summed E-state index contributed by atoms with van der Waals surface area (Å²) in [6.45, 7) is 5.38. The molecule has 0 atom stereocenters. The van der Waals surface area contributed by atoms with Crippen molar-refractivity contribution in [3.05, 3.63) is 16.3 Å². The maximum atomic E-state index is 11.8. The third kappa shape index (κ3) is 1.98. The molecule has 84 valence electrons. The zero-order valence-corrected chi connectivity index (χ0v) is 9.57. The third-order valence-corrected chi connectivity index (χ3v) is 3.40. The van der Waals surface area contributed by atoms with E-state index >= 15 is 0 Å². The molecule has 1 aliphatic rings. The Morgan fingerprint density at radius 3 is 2.67 bits per heavy atom. The number of hydrogen-bond acceptors (Lipinski definition) is 2. The van der Waals surface area contributed by atoms with Gasteiger partial charge in [0, 0.05) is 13.1 Å². The summed E-state index contributed by atoms with van der Waals surface area (Å²) in [5.41, 5.74) is 0.0503. The number of nitrogens with zero attached hydrogens (tertiary/aromatic N) is 3. The Morgan fingerprint density at radius 1 is 1.47 bits per heavy atom. The maximum absolute atomic E-state index is 11.8. The first-order chi connectivity index (χ1) is 7.22. The second-order valence-electron chi connectivity index (χ2n) is 4.38. The molecule has 1 aliphatic carbocycles. The summed E-state index contributed by atoms with van der Waals surface area (Å²) >= 11 is 0. The van der Waals surface area contributed by atoms with E-state index in [-0.39, 0.29) is 5.69 Å². The van der Waals surface area contributed by atoms with Crippen molar-refractivity contribution in [3.8, 4) is 0 Å². The van der Waals surface area contributed by atoms with Crippen LogP contribution in [0.5, 0.6) is 0 Å². The van der Waals surface area contributed by atoms with E-state index in [1.165, 1.54) is 19.3 Å². The minimum absolute atomic E-state index is 0.0503. The summed E-state index contributed by atoms with van der Waals surface area (Å²) < 4.78 is 3.35. The molecule has 4 nitrogen and oxygen atoms in total. The lowest BCUT2D eigenvalue weighted by atomic mass is 9.83. The lowest BCUT2D eigenvalue weighted by Crippen LogP contribution is -2.26. The van der Waals surface area contributed by atoms with E-state index in [9.17, 15) is 4.79 Å². The zero-order valence-electron chi connectivity index (χ0n) is 9.57. The van der Waals surface area contributed by atoms with Gasteiger partial charge in [-0.1, -0.05) is 19.3 Å². The Kier molecular flexibility index (Phi) is 2.93. The molecule has 1 saturated carbocycles. The molecule has 0 bridgehead atoms. The third-order valence-electron chi connectivity index (χ3n) is 3.40. The van der Waals surface area contributed by atoms with Crippen molar-refractivity contribution in [2.24, 2.45) is 5.92 Å². The van der Waals surface area contributed by atoms with Crippen LogP contribution in [0.15, 0.2) is 4.79 Å². The van der Waals surface area contributed by atoms with Crippen molar-refractivity contribution < 1.29 is 0 Å². The monoisotopic (exact) mass is 209 g/mol. The van der Waals surface area contributed by atoms with Gasteiger partial charge in [-0.05, 0) is 26.2 Å². The Labute approximate surface area is 89.9 Å². The Morgan fingerprint density at radius 2 is 2.20 bits per heavy atom. The average molecular weight is 209 g/mol. The van der Waals surface area contributed by atoms with Gasteiger partial charge in [0.05, 0.1) is 0 Å². The minimum atomic E-state index is 0.0503. The van der Waals surface area contributed by atoms with Gasteiger partial charge in [0.15, 0.2) is 0 Å². The van der Waals surface area contributed by atoms with Crippen molar-refractivity contribution in [1.82, 2.24) is 14.3 Å². The van der Waals surface area contributed by atoms with Crippen molar-refractivity contribution in [1.29, 1.82) is 0 Å². The van der Waals surface area contributed by atoms with E-state index < -0.39 is 0 Å². The summed E-state index contributed by atoms with van der Waals surface area (Å²) in [6, 6.07) is 0. The van der Waals surface area contributed by atoms with Crippen LogP contribution >= 0.6 is 0 Å². The van der Waals surface area contributed by atoms with E-state index in [1.807, 2.05) is 13.8 Å². The summed E-state index contributed by atoms with van der Waals surface area (Å²) in [5, 5.41) is 4.28. The van der Waals surface area contributed by atoms with Crippen LogP contribution in [-0.4, -0.2) is 14.3 Å². The lowest BCUT2D eigenvalue weighted by Gasteiger charge is -2.24. The second kappa shape index (κ2) is 4.21. The normalized spacial score (nSPS) is 16.7. The molecule has 0 amide bonds. The first-order valence-electron chi connectivity index (χ1n) is 5.86. The van der Waals surface area contributed by atoms with Crippen LogP contribution in [0.25, 0.3) is 0 Å². The number of hydrogen-bond donors (Lipinski definition) is 0. The van der Waals surface area contributed by atoms with Gasteiger partial charge in [0.1, 0.15) is 5.82 Å². The molecule has 1 aromatic heterocycles. The highest BCUT2D eigenvalue weighted by atomic mass is 16.2. The summed E-state index contributed by atoms with van der Waals surface area (Å²) in [5.74, 6) is 1.67. The van der Waals surface area contributed by atoms with Gasteiger partial charge in [0.25, 0.3) is 0 Å². The molecule has 0 spiro atoms. The predicted molar refractivity (Wildman–Crippen MR) is 58.9 cm³/mol. The smallest absolute Gasteiger partial charge is 0.279 e. The molecule has 1 fully saturated rings. The fourth-order valence-corrected chi connectivity index (χ4v) is 2.15. The molecular formula is C11H19N3O. The van der Waals surface area contributed by atoms with Crippen LogP contribution in [0.1, 0.15) is 38.4 Å². The van der Waals surface area contributed by atoms with E-state index in [0.717, 1.165) is 24.7 Å². The SMILES string of the molecule is CCn1c(C)nn(CCC2CCC2)c1=O. The standard InChI is InChI=1S/C11H19N3O/c1-3-13-9(2)12-14(11(13)15)8-7-10-5-4-6-10/h10H,3-8H2,1-2H3. The molecule has 0 aliphatic heterocycles. The largest absolute Gasteiger partial charge is 0.345 e. The summed E-state index contributed by atoms with van der Waals surface area (Å²) in [6.07, 6.45) is 5.15. The highest BCUT2D eigenvalue weighted by molar-refractivity contribution is 4.83. The van der Waals surface area contributed by atoms with Crippen LogP contribution < -0.4 is 5.69 Å². The first-order valence-corrected chi connectivity index (χ1v) is 5.86. The van der Waals surface area contributed by atoms with Crippen LogP contribution in [-0.2, 0) is 13.1 Å². The molecule has 1 heterocycles. The quantitative estimate of drug-likeness (QED) is 0.755. The van der Waals surface area contributed by atoms with Crippen LogP contribution in [0.3, 0.4) is 0 Å². The molecule has 2 rings (SSSR count). The molecule has 0 saturated heterocycles. The number of aromatic nitrogens is 3. The predicted octanol–water partition coefficient (Wildman–Crippen LogP) is 1.56. The van der Waals surface area contributed by atoms with E-state index in [4.69, 9.17) is 0 Å². The average Bonchev–Trinajstić information content (AvgIpc) is 2.39. The van der Waals surface area contributed by atoms with Gasteiger partial charge < -0.3 is 0 Å². The fraction of sp³-hybridized carbons (Fsp3) is 0.818. The summed E-state index contributed by atoms with van der Waals surface area (Å²) in [4.78, 5) is 11.8. The highest BCUT2D eigenvalue weighted by Gasteiger charge is 2.18. The van der Waals surface area contributed by atoms with E-state index in [0.29, 0.717) is 6.54 Å². The molecule has 1 aromatic rings. The van der Waals surface area contributed by atoms with Crippen LogP contribution in [0.4, 0.5) is 0 Å². The Balaban J connectivity index is 2.04. The molecule has 0 radical (unpaired) electrons. The molecule has 0 unspecified atom stereocenters. The summed E-state index contributed by atoms with van der Waals surface area (Å²) in [7, 11) is 0. The van der Waals surface area contributed by atoms with Gasteiger partial charge in [0.2, 0.25) is 0 Å². The molecule has 0 N–H and O–H groups in total. The second-order valence-corrected chi connectivity index (χ2v) is 4.38. The zero-order chi connectivity index (χ0) is 10.8. The molecule has 4 heteroatoms. The van der Waals surface area contributed by atoms with Gasteiger partial charge in [-0.25, -0.2) is 9.48 Å². The van der Waals surface area contributed by atoms with Crippen molar-refractivity contribution in [2.75, 3.05) is 0 Å². The maximum Gasteiger partial charge on any atom is 0.345 e. The van der Waals surface area contributed by atoms with Gasteiger partial charge in [-0.3, -0.25) is 4.57 Å². The first kappa shape index (κ1) is 10.5.